The molecular formula is C24H17N3O7. The standard InChI is InChI=1S/C24H17N3O7/c28-22-19(23(29)26(25-22)18-9-2-1-3-10-18)13-16-7-5-11-20(27(32)33)21(16)34-14-15-6-4-8-17(12-15)24(30)31/h1-13H,14H2,(H,25,28)(H,30,31). The van der Waals surface area contributed by atoms with E-state index in [1.807, 2.05) is 0 Å². The molecule has 0 aromatic heterocycles. The summed E-state index contributed by atoms with van der Waals surface area (Å²) in [4.78, 5) is 47.5. The Morgan fingerprint density at radius 2 is 1.79 bits per heavy atom. The molecule has 0 spiro atoms. The van der Waals surface area contributed by atoms with Gasteiger partial charge in [0.2, 0.25) is 5.75 Å². The highest BCUT2D eigenvalue weighted by atomic mass is 16.6. The minimum absolute atomic E-state index is 0.0419. The minimum Gasteiger partial charge on any atom is -0.482 e. The van der Waals surface area contributed by atoms with E-state index in [2.05, 4.69) is 5.43 Å². The summed E-state index contributed by atoms with van der Waals surface area (Å²) in [5.74, 6) is -2.56. The molecule has 34 heavy (non-hydrogen) atoms. The highest BCUT2D eigenvalue weighted by molar-refractivity contribution is 6.31. The first-order chi connectivity index (χ1) is 16.3. The Bertz CT molecular complexity index is 1340. The second kappa shape index (κ2) is 9.25. The SMILES string of the molecule is O=C1NN(c2ccccc2)C(=O)C1=Cc1cccc([N+](=O)[O-])c1OCc1cccc(C(=O)O)c1. The van der Waals surface area contributed by atoms with Gasteiger partial charge >= 0.3 is 11.7 Å². The summed E-state index contributed by atoms with van der Waals surface area (Å²) >= 11 is 0. The van der Waals surface area contributed by atoms with Gasteiger partial charge in [-0.05, 0) is 35.9 Å². The van der Waals surface area contributed by atoms with Gasteiger partial charge in [-0.25, -0.2) is 9.80 Å². The molecule has 0 atom stereocenters. The maximum Gasteiger partial charge on any atom is 0.335 e. The van der Waals surface area contributed by atoms with E-state index >= 15 is 0 Å². The van der Waals surface area contributed by atoms with Crippen molar-refractivity contribution in [2.24, 2.45) is 0 Å². The van der Waals surface area contributed by atoms with Gasteiger partial charge in [-0.2, -0.15) is 0 Å². The highest BCUT2D eigenvalue weighted by Gasteiger charge is 2.35. The second-order valence-electron chi connectivity index (χ2n) is 7.22. The zero-order valence-electron chi connectivity index (χ0n) is 17.5. The molecule has 2 N–H and O–H groups in total. The van der Waals surface area contributed by atoms with E-state index in [1.165, 1.54) is 42.5 Å². The minimum atomic E-state index is -1.12. The van der Waals surface area contributed by atoms with Crippen LogP contribution < -0.4 is 15.2 Å². The van der Waals surface area contributed by atoms with Crippen LogP contribution in [0.15, 0.2) is 78.4 Å². The molecule has 0 saturated carbocycles. The third-order valence-corrected chi connectivity index (χ3v) is 4.98. The number of ether oxygens (including phenoxy) is 1. The van der Waals surface area contributed by atoms with E-state index in [0.29, 0.717) is 11.3 Å². The molecule has 1 heterocycles. The van der Waals surface area contributed by atoms with Crippen LogP contribution in [0.5, 0.6) is 5.75 Å². The van der Waals surface area contributed by atoms with Gasteiger partial charge in [-0.15, -0.1) is 0 Å². The topological polar surface area (TPSA) is 139 Å². The Hall–Kier alpha value is -4.99. The maximum atomic E-state index is 12.9. The number of amides is 2. The lowest BCUT2D eigenvalue weighted by Gasteiger charge is -2.14. The number of carbonyl (C=O) groups excluding carboxylic acids is 2. The van der Waals surface area contributed by atoms with Gasteiger partial charge < -0.3 is 9.84 Å². The molecular weight excluding hydrogens is 442 g/mol. The van der Waals surface area contributed by atoms with Crippen molar-refractivity contribution in [2.75, 3.05) is 5.01 Å². The van der Waals surface area contributed by atoms with E-state index in [-0.39, 0.29) is 34.7 Å². The van der Waals surface area contributed by atoms with Crippen LogP contribution in [-0.2, 0) is 16.2 Å². The third-order valence-electron chi connectivity index (χ3n) is 4.98. The Labute approximate surface area is 192 Å². The smallest absolute Gasteiger partial charge is 0.335 e. The number of nitrogens with zero attached hydrogens (tertiary/aromatic N) is 2. The van der Waals surface area contributed by atoms with E-state index in [9.17, 15) is 24.5 Å². The van der Waals surface area contributed by atoms with Crippen molar-refractivity contribution in [1.82, 2.24) is 5.43 Å². The molecule has 3 aromatic rings. The van der Waals surface area contributed by atoms with Crippen LogP contribution in [0.1, 0.15) is 21.5 Å². The number of nitrogens with one attached hydrogen (secondary N) is 1. The number of benzene rings is 3. The summed E-state index contributed by atoms with van der Waals surface area (Å²) in [6, 6.07) is 18.6. The molecule has 170 valence electrons. The number of carbonyl (C=O) groups is 3. The zero-order chi connectivity index (χ0) is 24.2. The molecule has 1 saturated heterocycles. The zero-order valence-corrected chi connectivity index (χ0v) is 17.5. The molecule has 10 heteroatoms. The monoisotopic (exact) mass is 459 g/mol. The van der Waals surface area contributed by atoms with Crippen molar-refractivity contribution in [2.45, 2.75) is 6.61 Å². The summed E-state index contributed by atoms with van der Waals surface area (Å²) in [6.45, 7) is -0.168. The number of para-hydroxylation sites is 2. The Morgan fingerprint density at radius 1 is 1.06 bits per heavy atom. The predicted octanol–water partition coefficient (Wildman–Crippen LogP) is 3.33. The number of anilines is 1. The largest absolute Gasteiger partial charge is 0.482 e. The fraction of sp³-hybridized carbons (Fsp3) is 0.0417. The molecule has 1 aliphatic heterocycles. The number of rotatable bonds is 7. The molecule has 0 unspecified atom stereocenters. The van der Waals surface area contributed by atoms with Crippen LogP contribution in [0.25, 0.3) is 6.08 Å². The first-order valence-corrected chi connectivity index (χ1v) is 10.00. The van der Waals surface area contributed by atoms with Crippen LogP contribution in [0.3, 0.4) is 0 Å². The molecule has 3 aromatic carbocycles. The first-order valence-electron chi connectivity index (χ1n) is 10.00. The second-order valence-corrected chi connectivity index (χ2v) is 7.22. The van der Waals surface area contributed by atoms with Crippen LogP contribution in [0.4, 0.5) is 11.4 Å². The summed E-state index contributed by atoms with van der Waals surface area (Å²) < 4.78 is 5.71. The average Bonchev–Trinajstić information content (AvgIpc) is 3.12. The summed E-state index contributed by atoms with van der Waals surface area (Å²) in [7, 11) is 0. The number of hydrogen-bond donors (Lipinski definition) is 2. The molecule has 2 amide bonds. The van der Waals surface area contributed by atoms with Gasteiger partial charge in [0.25, 0.3) is 11.8 Å². The number of hydrogen-bond acceptors (Lipinski definition) is 6. The molecule has 10 nitrogen and oxygen atoms in total. The van der Waals surface area contributed by atoms with Crippen LogP contribution in [0, 0.1) is 10.1 Å². The van der Waals surface area contributed by atoms with Gasteiger partial charge in [0.15, 0.2) is 0 Å². The summed E-state index contributed by atoms with van der Waals surface area (Å²) in [6.07, 6.45) is 1.23. The summed E-state index contributed by atoms with van der Waals surface area (Å²) in [5.41, 5.74) is 3.00. The van der Waals surface area contributed by atoms with Crippen molar-refractivity contribution < 1.29 is 29.2 Å². The Morgan fingerprint density at radius 3 is 2.50 bits per heavy atom. The van der Waals surface area contributed by atoms with Crippen LogP contribution >= 0.6 is 0 Å². The number of aromatic carboxylic acids is 1. The lowest BCUT2D eigenvalue weighted by atomic mass is 10.1. The Balaban J connectivity index is 1.68. The van der Waals surface area contributed by atoms with Crippen LogP contribution in [-0.4, -0.2) is 27.8 Å². The average molecular weight is 459 g/mol. The molecule has 1 aliphatic rings. The molecule has 0 radical (unpaired) electrons. The number of hydrazine groups is 1. The molecule has 1 fully saturated rings. The van der Waals surface area contributed by atoms with Crippen molar-refractivity contribution in [3.05, 3.63) is 105 Å². The van der Waals surface area contributed by atoms with Gasteiger partial charge in [0.1, 0.15) is 12.2 Å². The summed E-state index contributed by atoms with van der Waals surface area (Å²) in [5, 5.41) is 21.8. The van der Waals surface area contributed by atoms with Crippen molar-refractivity contribution in [3.63, 3.8) is 0 Å². The fourth-order valence-electron chi connectivity index (χ4n) is 3.38. The fourth-order valence-corrected chi connectivity index (χ4v) is 3.38. The quantitative estimate of drug-likeness (QED) is 0.239. The molecule has 0 aliphatic carbocycles. The van der Waals surface area contributed by atoms with Gasteiger partial charge in [-0.3, -0.25) is 25.1 Å². The van der Waals surface area contributed by atoms with E-state index in [4.69, 9.17) is 9.84 Å². The highest BCUT2D eigenvalue weighted by Crippen LogP contribution is 2.34. The van der Waals surface area contributed by atoms with E-state index < -0.39 is 22.7 Å². The van der Waals surface area contributed by atoms with Crippen molar-refractivity contribution >= 4 is 35.2 Å². The third kappa shape index (κ3) is 4.46. The van der Waals surface area contributed by atoms with Crippen molar-refractivity contribution in [3.8, 4) is 5.75 Å². The van der Waals surface area contributed by atoms with Crippen LogP contribution in [0.2, 0.25) is 0 Å². The van der Waals surface area contributed by atoms with Crippen molar-refractivity contribution in [1.29, 1.82) is 0 Å². The number of carboxylic acids is 1. The normalized spacial score (nSPS) is 14.2. The number of carboxylic acid groups (broad SMARTS) is 1. The maximum absolute atomic E-state index is 12.9. The predicted molar refractivity (Wildman–Crippen MR) is 121 cm³/mol. The first kappa shape index (κ1) is 22.2. The van der Waals surface area contributed by atoms with E-state index in [0.717, 1.165) is 5.01 Å². The molecule has 4 rings (SSSR count). The van der Waals surface area contributed by atoms with Gasteiger partial charge in [0, 0.05) is 11.6 Å². The Kier molecular flexibility index (Phi) is 6.04. The lowest BCUT2D eigenvalue weighted by Crippen LogP contribution is -2.35. The van der Waals surface area contributed by atoms with Gasteiger partial charge in [0.05, 0.1) is 16.2 Å². The lowest BCUT2D eigenvalue weighted by molar-refractivity contribution is -0.386. The van der Waals surface area contributed by atoms with E-state index in [1.54, 1.807) is 36.4 Å². The molecule has 0 bridgehead atoms. The van der Waals surface area contributed by atoms with Gasteiger partial charge in [-0.1, -0.05) is 42.5 Å². The number of nitro groups is 1. The number of nitro benzene ring substituents is 1.